The molecule has 1 aliphatic rings. The van der Waals surface area contributed by atoms with E-state index in [-0.39, 0.29) is 10.6 Å². The molecule has 1 heterocycles. The summed E-state index contributed by atoms with van der Waals surface area (Å²) in [5.41, 5.74) is 2.65. The minimum absolute atomic E-state index is 0.0605. The zero-order valence-electron chi connectivity index (χ0n) is 13.8. The van der Waals surface area contributed by atoms with Crippen LogP contribution in [0.4, 0.5) is 11.4 Å². The first kappa shape index (κ1) is 15.6. The first-order valence-corrected chi connectivity index (χ1v) is 8.61. The van der Waals surface area contributed by atoms with Crippen LogP contribution in [0, 0.1) is 10.1 Å². The van der Waals surface area contributed by atoms with Crippen LogP contribution < -0.4 is 5.32 Å². The topological polar surface area (TPSA) is 81.2 Å². The quantitative estimate of drug-likeness (QED) is 0.526. The van der Waals surface area contributed by atoms with Crippen molar-refractivity contribution >= 4 is 22.5 Å². The monoisotopic (exact) mass is 337 g/mol. The first-order chi connectivity index (χ1) is 12.2. The number of oxazole rings is 1. The number of nitro benzene ring substituents is 1. The molecule has 3 aromatic rings. The van der Waals surface area contributed by atoms with E-state index in [9.17, 15) is 10.1 Å². The molecule has 1 saturated carbocycles. The van der Waals surface area contributed by atoms with Gasteiger partial charge in [0.1, 0.15) is 11.2 Å². The van der Waals surface area contributed by atoms with E-state index in [1.807, 2.05) is 30.3 Å². The second-order valence-corrected chi connectivity index (χ2v) is 6.46. The van der Waals surface area contributed by atoms with Gasteiger partial charge in [0, 0.05) is 17.7 Å². The van der Waals surface area contributed by atoms with Crippen LogP contribution in [0.2, 0.25) is 0 Å². The fraction of sp³-hybridized carbons (Fsp3) is 0.316. The number of fused-ring (bicyclic) bond motifs is 1. The van der Waals surface area contributed by atoms with E-state index in [4.69, 9.17) is 4.42 Å². The molecule has 1 fully saturated rings. The number of benzene rings is 2. The van der Waals surface area contributed by atoms with Crippen molar-refractivity contribution in [1.82, 2.24) is 4.98 Å². The van der Waals surface area contributed by atoms with E-state index in [2.05, 4.69) is 10.3 Å². The molecule has 128 valence electrons. The number of nitro groups is 1. The fourth-order valence-corrected chi connectivity index (χ4v) is 3.40. The zero-order valence-corrected chi connectivity index (χ0v) is 13.8. The number of aromatic nitrogens is 1. The molecular weight excluding hydrogens is 318 g/mol. The Balaban J connectivity index is 1.67. The molecule has 6 nitrogen and oxygen atoms in total. The lowest BCUT2D eigenvalue weighted by molar-refractivity contribution is -0.383. The van der Waals surface area contributed by atoms with E-state index in [1.165, 1.54) is 25.3 Å². The zero-order chi connectivity index (χ0) is 17.2. The number of nitrogens with zero attached hydrogens (tertiary/aromatic N) is 2. The molecule has 0 atom stereocenters. The lowest BCUT2D eigenvalue weighted by Crippen LogP contribution is -2.22. The van der Waals surface area contributed by atoms with E-state index in [1.54, 1.807) is 6.07 Å². The lowest BCUT2D eigenvalue weighted by atomic mass is 9.95. The molecule has 25 heavy (non-hydrogen) atoms. The van der Waals surface area contributed by atoms with Gasteiger partial charge in [0.15, 0.2) is 5.58 Å². The van der Waals surface area contributed by atoms with E-state index in [0.29, 0.717) is 28.8 Å². The van der Waals surface area contributed by atoms with Gasteiger partial charge in [0.05, 0.1) is 4.92 Å². The van der Waals surface area contributed by atoms with Gasteiger partial charge >= 0.3 is 0 Å². The summed E-state index contributed by atoms with van der Waals surface area (Å²) in [6.45, 7) is 0. The molecule has 0 amide bonds. The number of nitrogens with one attached hydrogen (secondary N) is 1. The van der Waals surface area contributed by atoms with Crippen molar-refractivity contribution in [2.45, 2.75) is 38.1 Å². The summed E-state index contributed by atoms with van der Waals surface area (Å²) in [7, 11) is 0. The van der Waals surface area contributed by atoms with Crippen LogP contribution in [-0.4, -0.2) is 15.9 Å². The Kier molecular flexibility index (Phi) is 4.09. The highest BCUT2D eigenvalue weighted by atomic mass is 16.6. The number of para-hydroxylation sites is 2. The van der Waals surface area contributed by atoms with Crippen molar-refractivity contribution in [3.63, 3.8) is 0 Å². The molecule has 1 aromatic heterocycles. The second-order valence-electron chi connectivity index (χ2n) is 6.46. The van der Waals surface area contributed by atoms with Crippen LogP contribution in [0.25, 0.3) is 22.6 Å². The average Bonchev–Trinajstić information content (AvgIpc) is 3.07. The molecule has 2 aromatic carbocycles. The molecule has 1 N–H and O–H groups in total. The third kappa shape index (κ3) is 3.20. The third-order valence-corrected chi connectivity index (χ3v) is 4.70. The van der Waals surface area contributed by atoms with Gasteiger partial charge in [-0.1, -0.05) is 31.4 Å². The summed E-state index contributed by atoms with van der Waals surface area (Å²) >= 11 is 0. The second kappa shape index (κ2) is 6.55. The van der Waals surface area contributed by atoms with Gasteiger partial charge < -0.3 is 9.73 Å². The van der Waals surface area contributed by atoms with E-state index in [0.717, 1.165) is 18.4 Å². The minimum atomic E-state index is -0.350. The minimum Gasteiger partial charge on any atom is -0.436 e. The molecule has 0 unspecified atom stereocenters. The standard InChI is InChI=1S/C19H19N3O3/c23-22(24)17-12-13(19-21-16-8-4-5-9-18(16)25-19)10-11-15(17)20-14-6-2-1-3-7-14/h4-5,8-12,14,20H,1-3,6-7H2. The smallest absolute Gasteiger partial charge is 0.293 e. The van der Waals surface area contributed by atoms with E-state index >= 15 is 0 Å². The van der Waals surface area contributed by atoms with Crippen LogP contribution in [0.1, 0.15) is 32.1 Å². The van der Waals surface area contributed by atoms with Crippen molar-refractivity contribution in [3.8, 4) is 11.5 Å². The van der Waals surface area contributed by atoms with Gasteiger partial charge in [0.25, 0.3) is 5.69 Å². The van der Waals surface area contributed by atoms with Crippen molar-refractivity contribution in [2.24, 2.45) is 0 Å². The average molecular weight is 337 g/mol. The van der Waals surface area contributed by atoms with Crippen LogP contribution in [0.3, 0.4) is 0 Å². The molecule has 0 saturated heterocycles. The summed E-state index contributed by atoms with van der Waals surface area (Å²) in [5.74, 6) is 0.397. The molecule has 6 heteroatoms. The normalized spacial score (nSPS) is 15.4. The van der Waals surface area contributed by atoms with Crippen LogP contribution in [0.5, 0.6) is 0 Å². The fourth-order valence-electron chi connectivity index (χ4n) is 3.40. The molecule has 0 spiro atoms. The summed E-state index contributed by atoms with van der Waals surface area (Å²) in [6.07, 6.45) is 5.71. The maximum atomic E-state index is 11.5. The summed E-state index contributed by atoms with van der Waals surface area (Å²) < 4.78 is 5.72. The Morgan fingerprint density at radius 2 is 1.92 bits per heavy atom. The molecule has 0 radical (unpaired) electrons. The Labute approximate surface area is 145 Å². The number of anilines is 1. The SMILES string of the molecule is O=[N+]([O-])c1cc(-c2nc3ccccc3o2)ccc1NC1CCCCC1. The predicted molar refractivity (Wildman–Crippen MR) is 96.6 cm³/mol. The van der Waals surface area contributed by atoms with Gasteiger partial charge in [-0.05, 0) is 37.1 Å². The first-order valence-electron chi connectivity index (χ1n) is 8.61. The maximum Gasteiger partial charge on any atom is 0.293 e. The van der Waals surface area contributed by atoms with Crippen LogP contribution in [-0.2, 0) is 0 Å². The number of hydrogen-bond donors (Lipinski definition) is 1. The van der Waals surface area contributed by atoms with Crippen LogP contribution in [0.15, 0.2) is 46.9 Å². The highest BCUT2D eigenvalue weighted by Crippen LogP contribution is 2.33. The maximum absolute atomic E-state index is 11.5. The van der Waals surface area contributed by atoms with Crippen molar-refractivity contribution in [2.75, 3.05) is 5.32 Å². The van der Waals surface area contributed by atoms with Gasteiger partial charge in [-0.2, -0.15) is 0 Å². The van der Waals surface area contributed by atoms with Crippen molar-refractivity contribution in [1.29, 1.82) is 0 Å². The Hall–Kier alpha value is -2.89. The molecule has 0 aliphatic heterocycles. The van der Waals surface area contributed by atoms with E-state index < -0.39 is 0 Å². The largest absolute Gasteiger partial charge is 0.436 e. The van der Waals surface area contributed by atoms with Crippen LogP contribution >= 0.6 is 0 Å². The van der Waals surface area contributed by atoms with Gasteiger partial charge in [0.2, 0.25) is 5.89 Å². The highest BCUT2D eigenvalue weighted by Gasteiger charge is 2.21. The number of rotatable bonds is 4. The van der Waals surface area contributed by atoms with Gasteiger partial charge in [-0.15, -0.1) is 0 Å². The Bertz CT molecular complexity index is 880. The van der Waals surface area contributed by atoms with Crippen molar-refractivity contribution in [3.05, 3.63) is 52.6 Å². The molecule has 0 bridgehead atoms. The number of hydrogen-bond acceptors (Lipinski definition) is 5. The van der Waals surface area contributed by atoms with Gasteiger partial charge in [-0.3, -0.25) is 10.1 Å². The Morgan fingerprint density at radius 1 is 1.12 bits per heavy atom. The summed E-state index contributed by atoms with van der Waals surface area (Å²) in [5, 5.41) is 14.9. The highest BCUT2D eigenvalue weighted by molar-refractivity contribution is 5.77. The summed E-state index contributed by atoms with van der Waals surface area (Å²) in [6, 6.07) is 12.9. The lowest BCUT2D eigenvalue weighted by Gasteiger charge is -2.23. The molecule has 1 aliphatic carbocycles. The van der Waals surface area contributed by atoms with Crippen molar-refractivity contribution < 1.29 is 9.34 Å². The molecular formula is C19H19N3O3. The molecule has 4 rings (SSSR count). The summed E-state index contributed by atoms with van der Waals surface area (Å²) in [4.78, 5) is 15.6. The third-order valence-electron chi connectivity index (χ3n) is 4.70. The Morgan fingerprint density at radius 3 is 2.68 bits per heavy atom. The predicted octanol–water partition coefficient (Wildman–Crippen LogP) is 5.15. The van der Waals surface area contributed by atoms with Gasteiger partial charge in [-0.25, -0.2) is 4.98 Å².